The summed E-state index contributed by atoms with van der Waals surface area (Å²) >= 11 is 0. The predicted molar refractivity (Wildman–Crippen MR) is 72.1 cm³/mol. The third-order valence-electron chi connectivity index (χ3n) is 2.79. The number of ether oxygens (including phenoxy) is 1. The van der Waals surface area contributed by atoms with Crippen LogP contribution >= 0.6 is 0 Å². The predicted octanol–water partition coefficient (Wildman–Crippen LogP) is 2.38. The molecule has 0 fully saturated rings. The molecule has 2 aromatic carbocycles. The number of carbonyl (C=O) groups excluding carboxylic acids is 1. The number of nitrogens with two attached hydrogens (primary N) is 1. The number of rotatable bonds is 4. The lowest BCUT2D eigenvalue weighted by Crippen LogP contribution is -2.10. The van der Waals surface area contributed by atoms with E-state index in [1.807, 2.05) is 19.1 Å². The van der Waals surface area contributed by atoms with Crippen molar-refractivity contribution in [1.82, 2.24) is 0 Å². The Morgan fingerprint density at radius 2 is 1.89 bits per heavy atom. The number of primary amides is 1. The number of benzene rings is 2. The van der Waals surface area contributed by atoms with E-state index < -0.39 is 5.91 Å². The molecular formula is C15H15NO3. The second-order valence-electron chi connectivity index (χ2n) is 4.25. The van der Waals surface area contributed by atoms with E-state index in [1.165, 1.54) is 0 Å². The fourth-order valence-electron chi connectivity index (χ4n) is 1.74. The molecule has 0 saturated carbocycles. The number of amides is 1. The average molecular weight is 257 g/mol. The first-order chi connectivity index (χ1) is 9.10. The Morgan fingerprint density at radius 1 is 1.21 bits per heavy atom. The van der Waals surface area contributed by atoms with Crippen LogP contribution in [0.3, 0.4) is 0 Å². The summed E-state index contributed by atoms with van der Waals surface area (Å²) in [6.07, 6.45) is 0. The number of aliphatic hydroxyl groups is 1. The molecule has 19 heavy (non-hydrogen) atoms. The quantitative estimate of drug-likeness (QED) is 0.883. The van der Waals surface area contributed by atoms with Crippen molar-refractivity contribution in [2.75, 3.05) is 0 Å². The molecule has 0 heterocycles. The summed E-state index contributed by atoms with van der Waals surface area (Å²) in [4.78, 5) is 11.0. The number of hydrogen-bond donors (Lipinski definition) is 2. The minimum Gasteiger partial charge on any atom is -0.457 e. The Hall–Kier alpha value is -2.33. The highest BCUT2D eigenvalue weighted by Gasteiger charge is 2.04. The smallest absolute Gasteiger partial charge is 0.248 e. The first-order valence-corrected chi connectivity index (χ1v) is 5.88. The average Bonchev–Trinajstić information content (AvgIpc) is 2.41. The van der Waals surface area contributed by atoms with E-state index in [9.17, 15) is 4.79 Å². The molecule has 1 amide bonds. The van der Waals surface area contributed by atoms with Crippen LogP contribution in [-0.2, 0) is 6.61 Å². The lowest BCUT2D eigenvalue weighted by molar-refractivity contribution is 0.100. The normalized spacial score (nSPS) is 10.2. The van der Waals surface area contributed by atoms with Gasteiger partial charge in [-0.3, -0.25) is 4.79 Å². The molecule has 0 saturated heterocycles. The number of hydrogen-bond acceptors (Lipinski definition) is 3. The maximum atomic E-state index is 11.0. The van der Waals surface area contributed by atoms with Gasteiger partial charge >= 0.3 is 0 Å². The standard InChI is InChI=1S/C15H15NO3/c1-10-8-11(9-17)2-7-14(10)19-13-5-3-12(4-6-13)15(16)18/h2-8,17H,9H2,1H3,(H2,16,18). The van der Waals surface area contributed by atoms with Crippen molar-refractivity contribution >= 4 is 5.91 Å². The summed E-state index contributed by atoms with van der Waals surface area (Å²) in [5.41, 5.74) is 7.39. The van der Waals surface area contributed by atoms with Gasteiger partial charge in [0.05, 0.1) is 6.61 Å². The van der Waals surface area contributed by atoms with E-state index in [1.54, 1.807) is 30.3 Å². The Kier molecular flexibility index (Phi) is 3.82. The van der Waals surface area contributed by atoms with E-state index in [-0.39, 0.29) is 6.61 Å². The monoisotopic (exact) mass is 257 g/mol. The van der Waals surface area contributed by atoms with E-state index >= 15 is 0 Å². The molecule has 2 aromatic rings. The van der Waals surface area contributed by atoms with Gasteiger partial charge in [-0.1, -0.05) is 12.1 Å². The summed E-state index contributed by atoms with van der Waals surface area (Å²) in [6.45, 7) is 1.92. The van der Waals surface area contributed by atoms with Crippen molar-refractivity contribution < 1.29 is 14.6 Å². The minimum atomic E-state index is -0.463. The number of aryl methyl sites for hydroxylation is 1. The molecule has 0 atom stereocenters. The highest BCUT2D eigenvalue weighted by Crippen LogP contribution is 2.26. The summed E-state index contributed by atoms with van der Waals surface area (Å²) in [5, 5.41) is 9.04. The largest absolute Gasteiger partial charge is 0.457 e. The Labute approximate surface area is 111 Å². The van der Waals surface area contributed by atoms with Crippen molar-refractivity contribution in [2.45, 2.75) is 13.5 Å². The Balaban J connectivity index is 2.19. The molecule has 0 aromatic heterocycles. The molecule has 3 N–H and O–H groups in total. The highest BCUT2D eigenvalue weighted by atomic mass is 16.5. The fraction of sp³-hybridized carbons (Fsp3) is 0.133. The second kappa shape index (κ2) is 5.54. The molecule has 0 radical (unpaired) electrons. The van der Waals surface area contributed by atoms with Gasteiger partial charge in [-0.2, -0.15) is 0 Å². The Bertz CT molecular complexity index is 591. The van der Waals surface area contributed by atoms with Gasteiger partial charge in [0, 0.05) is 5.56 Å². The van der Waals surface area contributed by atoms with Crippen LogP contribution in [0.25, 0.3) is 0 Å². The molecule has 0 bridgehead atoms. The van der Waals surface area contributed by atoms with Crippen LogP contribution in [0.4, 0.5) is 0 Å². The summed E-state index contributed by atoms with van der Waals surface area (Å²) in [5.74, 6) is 0.879. The van der Waals surface area contributed by atoms with Gasteiger partial charge in [0.2, 0.25) is 5.91 Å². The third-order valence-corrected chi connectivity index (χ3v) is 2.79. The molecule has 0 aliphatic carbocycles. The van der Waals surface area contributed by atoms with Crippen molar-refractivity contribution in [2.24, 2.45) is 5.73 Å². The summed E-state index contributed by atoms with van der Waals surface area (Å²) in [7, 11) is 0. The molecular weight excluding hydrogens is 242 g/mol. The molecule has 2 rings (SSSR count). The minimum absolute atomic E-state index is 0.00836. The van der Waals surface area contributed by atoms with Gasteiger partial charge in [0.15, 0.2) is 0 Å². The third kappa shape index (κ3) is 3.11. The molecule has 98 valence electrons. The molecule has 0 spiro atoms. The SMILES string of the molecule is Cc1cc(CO)ccc1Oc1ccc(C(N)=O)cc1. The number of aliphatic hydroxyl groups excluding tert-OH is 1. The van der Waals surface area contributed by atoms with Crippen molar-refractivity contribution in [3.05, 3.63) is 59.2 Å². The van der Waals surface area contributed by atoms with Crippen molar-refractivity contribution in [3.63, 3.8) is 0 Å². The zero-order valence-corrected chi connectivity index (χ0v) is 10.6. The van der Waals surface area contributed by atoms with Crippen LogP contribution in [0.2, 0.25) is 0 Å². The van der Waals surface area contributed by atoms with Gasteiger partial charge in [-0.25, -0.2) is 0 Å². The van der Waals surface area contributed by atoms with Crippen molar-refractivity contribution in [3.8, 4) is 11.5 Å². The molecule has 4 nitrogen and oxygen atoms in total. The van der Waals surface area contributed by atoms with Crippen LogP contribution < -0.4 is 10.5 Å². The summed E-state index contributed by atoms with van der Waals surface area (Å²) in [6, 6.07) is 12.1. The van der Waals surface area contributed by atoms with Crippen LogP contribution in [-0.4, -0.2) is 11.0 Å². The first-order valence-electron chi connectivity index (χ1n) is 5.88. The second-order valence-corrected chi connectivity index (χ2v) is 4.25. The van der Waals surface area contributed by atoms with Gasteiger partial charge in [-0.05, 0) is 48.4 Å². The van der Waals surface area contributed by atoms with Crippen LogP contribution in [0.1, 0.15) is 21.5 Å². The molecule has 0 aliphatic rings. The first kappa shape index (κ1) is 13.1. The zero-order chi connectivity index (χ0) is 13.8. The topological polar surface area (TPSA) is 72.6 Å². The Morgan fingerprint density at radius 3 is 2.42 bits per heavy atom. The zero-order valence-electron chi connectivity index (χ0n) is 10.6. The highest BCUT2D eigenvalue weighted by molar-refractivity contribution is 5.92. The lowest BCUT2D eigenvalue weighted by atomic mass is 10.1. The fourth-order valence-corrected chi connectivity index (χ4v) is 1.74. The van der Waals surface area contributed by atoms with Crippen LogP contribution in [0.5, 0.6) is 11.5 Å². The van der Waals surface area contributed by atoms with Gasteiger partial charge < -0.3 is 15.6 Å². The van der Waals surface area contributed by atoms with E-state index in [0.29, 0.717) is 17.1 Å². The van der Waals surface area contributed by atoms with Crippen LogP contribution in [0.15, 0.2) is 42.5 Å². The van der Waals surface area contributed by atoms with E-state index in [4.69, 9.17) is 15.6 Å². The number of carbonyl (C=O) groups is 1. The maximum Gasteiger partial charge on any atom is 0.248 e. The van der Waals surface area contributed by atoms with E-state index in [2.05, 4.69) is 0 Å². The van der Waals surface area contributed by atoms with Gasteiger partial charge in [-0.15, -0.1) is 0 Å². The molecule has 0 aliphatic heterocycles. The van der Waals surface area contributed by atoms with Crippen LogP contribution in [0, 0.1) is 6.92 Å². The lowest BCUT2D eigenvalue weighted by Gasteiger charge is -2.10. The summed E-state index contributed by atoms with van der Waals surface area (Å²) < 4.78 is 5.71. The maximum absolute atomic E-state index is 11.0. The van der Waals surface area contributed by atoms with Crippen molar-refractivity contribution in [1.29, 1.82) is 0 Å². The molecule has 0 unspecified atom stereocenters. The van der Waals surface area contributed by atoms with Gasteiger partial charge in [0.25, 0.3) is 0 Å². The van der Waals surface area contributed by atoms with Gasteiger partial charge in [0.1, 0.15) is 11.5 Å². The van der Waals surface area contributed by atoms with E-state index in [0.717, 1.165) is 11.1 Å². The molecule has 4 heteroatoms.